The maximum absolute atomic E-state index is 12.1. The Bertz CT molecular complexity index is 415. The molecule has 0 amide bonds. The summed E-state index contributed by atoms with van der Waals surface area (Å²) in [6, 6.07) is 5.87. The van der Waals surface area contributed by atoms with Crippen molar-refractivity contribution in [1.29, 1.82) is 0 Å². The number of hydrogen-bond acceptors (Lipinski definition) is 3. The zero-order valence-electron chi connectivity index (χ0n) is 10.8. The molecule has 106 valence electrons. The van der Waals surface area contributed by atoms with Gasteiger partial charge >= 0.3 is 12.1 Å². The summed E-state index contributed by atoms with van der Waals surface area (Å²) in [7, 11) is 1.29. The van der Waals surface area contributed by atoms with E-state index in [1.807, 2.05) is 0 Å². The number of alkyl halides is 3. The largest absolute Gasteiger partial charge is 0.465 e. The van der Waals surface area contributed by atoms with Crippen molar-refractivity contribution in [3.05, 3.63) is 35.4 Å². The zero-order chi connectivity index (χ0) is 14.5. The topological polar surface area (TPSA) is 38.3 Å². The van der Waals surface area contributed by atoms with Gasteiger partial charge in [-0.05, 0) is 24.6 Å². The van der Waals surface area contributed by atoms with E-state index in [2.05, 4.69) is 10.1 Å². The maximum Gasteiger partial charge on any atom is 0.390 e. The van der Waals surface area contributed by atoms with Gasteiger partial charge in [0.2, 0.25) is 0 Å². The highest BCUT2D eigenvalue weighted by molar-refractivity contribution is 5.89. The molecule has 0 aliphatic rings. The Morgan fingerprint density at radius 3 is 2.37 bits per heavy atom. The van der Waals surface area contributed by atoms with Crippen LogP contribution in [0.15, 0.2) is 24.3 Å². The van der Waals surface area contributed by atoms with Crippen LogP contribution >= 0.6 is 0 Å². The molecular weight excluding hydrogens is 259 g/mol. The number of carbonyl (C=O) groups is 1. The fourth-order valence-corrected chi connectivity index (χ4v) is 1.59. The van der Waals surface area contributed by atoms with Gasteiger partial charge in [-0.1, -0.05) is 12.1 Å². The van der Waals surface area contributed by atoms with Crippen molar-refractivity contribution in [3.63, 3.8) is 0 Å². The molecule has 0 aromatic heterocycles. The van der Waals surface area contributed by atoms with Crippen molar-refractivity contribution in [3.8, 4) is 0 Å². The molecule has 0 fully saturated rings. The summed E-state index contributed by atoms with van der Waals surface area (Å²) >= 11 is 0. The molecule has 1 atom stereocenters. The minimum atomic E-state index is -4.17. The third-order valence-corrected chi connectivity index (χ3v) is 2.57. The van der Waals surface area contributed by atoms with E-state index in [9.17, 15) is 18.0 Å². The molecule has 1 aromatic carbocycles. The average Bonchev–Trinajstić information content (AvgIpc) is 2.34. The molecule has 0 radical (unpaired) electrons. The maximum atomic E-state index is 12.1. The van der Waals surface area contributed by atoms with Gasteiger partial charge in [0.15, 0.2) is 0 Å². The molecule has 6 heteroatoms. The predicted octanol–water partition coefficient (Wildman–Crippen LogP) is 2.90. The summed E-state index contributed by atoms with van der Waals surface area (Å²) in [6.07, 6.45) is -5.03. The van der Waals surface area contributed by atoms with Crippen molar-refractivity contribution in [1.82, 2.24) is 5.32 Å². The van der Waals surface area contributed by atoms with E-state index in [4.69, 9.17) is 0 Å². The quantitative estimate of drug-likeness (QED) is 0.840. The minimum Gasteiger partial charge on any atom is -0.465 e. The van der Waals surface area contributed by atoms with Crippen LogP contribution < -0.4 is 5.32 Å². The first-order valence-corrected chi connectivity index (χ1v) is 5.79. The van der Waals surface area contributed by atoms with Gasteiger partial charge in [0.05, 0.1) is 19.1 Å². The van der Waals surface area contributed by atoms with Gasteiger partial charge in [0, 0.05) is 12.6 Å². The lowest BCUT2D eigenvalue weighted by Crippen LogP contribution is -2.30. The van der Waals surface area contributed by atoms with Gasteiger partial charge in [-0.3, -0.25) is 0 Å². The third kappa shape index (κ3) is 5.74. The van der Waals surface area contributed by atoms with E-state index < -0.39 is 24.6 Å². The van der Waals surface area contributed by atoms with Crippen LogP contribution in [0.5, 0.6) is 0 Å². The van der Waals surface area contributed by atoms with Crippen molar-refractivity contribution >= 4 is 5.97 Å². The van der Waals surface area contributed by atoms with Crippen molar-refractivity contribution in [2.24, 2.45) is 0 Å². The van der Waals surface area contributed by atoms with E-state index in [1.54, 1.807) is 24.3 Å². The standard InChI is InChI=1S/C13H16F3NO2/c1-9(7-13(14,15)16)17-8-10-3-5-11(6-4-10)12(18)19-2/h3-6,9,17H,7-8H2,1-2H3. The van der Waals surface area contributed by atoms with E-state index in [-0.39, 0.29) is 0 Å². The SMILES string of the molecule is COC(=O)c1ccc(CNC(C)CC(F)(F)F)cc1. The number of benzene rings is 1. The molecule has 0 aliphatic carbocycles. The highest BCUT2D eigenvalue weighted by Gasteiger charge is 2.29. The number of nitrogens with one attached hydrogen (secondary N) is 1. The van der Waals surface area contributed by atoms with Crippen LogP contribution in [0.3, 0.4) is 0 Å². The lowest BCUT2D eigenvalue weighted by Gasteiger charge is -2.15. The summed E-state index contributed by atoms with van der Waals surface area (Å²) in [4.78, 5) is 11.2. The second-order valence-electron chi connectivity index (χ2n) is 4.29. The number of methoxy groups -OCH3 is 1. The van der Waals surface area contributed by atoms with Gasteiger partial charge in [0.25, 0.3) is 0 Å². The van der Waals surface area contributed by atoms with E-state index in [0.717, 1.165) is 5.56 Å². The Morgan fingerprint density at radius 1 is 1.32 bits per heavy atom. The second kappa shape index (κ2) is 6.56. The Labute approximate surface area is 109 Å². The van der Waals surface area contributed by atoms with Crippen LogP contribution in [0.1, 0.15) is 29.3 Å². The molecule has 0 heterocycles. The lowest BCUT2D eigenvalue weighted by atomic mass is 10.1. The Balaban J connectivity index is 2.48. The first-order valence-electron chi connectivity index (χ1n) is 5.79. The van der Waals surface area contributed by atoms with Crippen molar-refractivity contribution in [2.45, 2.75) is 32.1 Å². The van der Waals surface area contributed by atoms with Crippen LogP contribution in [0.4, 0.5) is 13.2 Å². The van der Waals surface area contributed by atoms with Crippen LogP contribution in [0.25, 0.3) is 0 Å². The Hall–Kier alpha value is -1.56. The van der Waals surface area contributed by atoms with Gasteiger partial charge in [-0.15, -0.1) is 0 Å². The molecule has 0 bridgehead atoms. The number of carbonyl (C=O) groups excluding carboxylic acids is 1. The van der Waals surface area contributed by atoms with Crippen LogP contribution in [-0.4, -0.2) is 25.3 Å². The molecule has 1 N–H and O–H groups in total. The first kappa shape index (κ1) is 15.5. The highest BCUT2D eigenvalue weighted by atomic mass is 19.4. The predicted molar refractivity (Wildman–Crippen MR) is 64.8 cm³/mol. The normalized spacial score (nSPS) is 13.1. The molecule has 0 spiro atoms. The van der Waals surface area contributed by atoms with Gasteiger partial charge in [0.1, 0.15) is 0 Å². The van der Waals surface area contributed by atoms with Gasteiger partial charge < -0.3 is 10.1 Å². The van der Waals surface area contributed by atoms with Crippen LogP contribution in [0.2, 0.25) is 0 Å². The van der Waals surface area contributed by atoms with Crippen LogP contribution in [-0.2, 0) is 11.3 Å². The Kier molecular flexibility index (Phi) is 5.35. The number of halogens is 3. The van der Waals surface area contributed by atoms with Gasteiger partial charge in [-0.25, -0.2) is 4.79 Å². The van der Waals surface area contributed by atoms with Crippen LogP contribution in [0, 0.1) is 0 Å². The lowest BCUT2D eigenvalue weighted by molar-refractivity contribution is -0.139. The van der Waals surface area contributed by atoms with Gasteiger partial charge in [-0.2, -0.15) is 13.2 Å². The molecule has 3 nitrogen and oxygen atoms in total. The summed E-state index contributed by atoms with van der Waals surface area (Å²) in [5.41, 5.74) is 1.22. The molecular formula is C13H16F3NO2. The summed E-state index contributed by atoms with van der Waals surface area (Å²) in [6.45, 7) is 1.80. The summed E-state index contributed by atoms with van der Waals surface area (Å²) in [5, 5.41) is 2.78. The van der Waals surface area contributed by atoms with Crippen molar-refractivity contribution in [2.75, 3.05) is 7.11 Å². The molecule has 1 aromatic rings. The van der Waals surface area contributed by atoms with Crippen molar-refractivity contribution < 1.29 is 22.7 Å². The molecule has 0 aliphatic heterocycles. The fourth-order valence-electron chi connectivity index (χ4n) is 1.59. The Morgan fingerprint density at radius 2 is 1.89 bits per heavy atom. The molecule has 1 unspecified atom stereocenters. The minimum absolute atomic E-state index is 0.318. The molecule has 0 saturated carbocycles. The average molecular weight is 275 g/mol. The second-order valence-corrected chi connectivity index (χ2v) is 4.29. The molecule has 1 rings (SSSR count). The number of rotatable bonds is 5. The highest BCUT2D eigenvalue weighted by Crippen LogP contribution is 2.21. The van der Waals surface area contributed by atoms with E-state index in [0.29, 0.717) is 12.1 Å². The third-order valence-electron chi connectivity index (χ3n) is 2.57. The summed E-state index contributed by atoms with van der Waals surface area (Å²) < 4.78 is 40.9. The van der Waals surface area contributed by atoms with E-state index >= 15 is 0 Å². The smallest absolute Gasteiger partial charge is 0.390 e. The number of ether oxygens (including phenoxy) is 1. The monoisotopic (exact) mass is 275 g/mol. The number of hydrogen-bond donors (Lipinski definition) is 1. The zero-order valence-corrected chi connectivity index (χ0v) is 10.8. The summed E-state index contributed by atoms with van der Waals surface area (Å²) in [5.74, 6) is -0.440. The molecule has 19 heavy (non-hydrogen) atoms. The fraction of sp³-hybridized carbons (Fsp3) is 0.462. The first-order chi connectivity index (χ1) is 8.81. The molecule has 0 saturated heterocycles. The number of esters is 1. The van der Waals surface area contributed by atoms with E-state index in [1.165, 1.54) is 14.0 Å².